The molecule has 0 aliphatic heterocycles. The second kappa shape index (κ2) is 5.22. The van der Waals surface area contributed by atoms with Crippen molar-refractivity contribution in [3.8, 4) is 0 Å². The van der Waals surface area contributed by atoms with Gasteiger partial charge in [-0.15, -0.1) is 0 Å². The molecule has 2 heterocycles. The molecule has 0 unspecified atom stereocenters. The van der Waals surface area contributed by atoms with E-state index < -0.39 is 0 Å². The summed E-state index contributed by atoms with van der Waals surface area (Å²) in [7, 11) is 0. The molecule has 92 valence electrons. The molecule has 2 rings (SSSR count). The number of aromatic amines is 1. The number of amides is 1. The molecule has 6 heteroatoms. The van der Waals surface area contributed by atoms with Gasteiger partial charge in [-0.2, -0.15) is 0 Å². The number of hydrogen-bond donors (Lipinski definition) is 2. The van der Waals surface area contributed by atoms with Gasteiger partial charge in [-0.05, 0) is 13.0 Å². The summed E-state index contributed by atoms with van der Waals surface area (Å²) in [5.41, 5.74) is 1.50. The lowest BCUT2D eigenvalue weighted by Crippen LogP contribution is -2.24. The molecule has 0 aromatic carbocycles. The third kappa shape index (κ3) is 3.00. The number of carbonyl (C=O) groups excluding carboxylic acids is 1. The Hall–Kier alpha value is -2.50. The van der Waals surface area contributed by atoms with Crippen LogP contribution in [0.3, 0.4) is 0 Å². The van der Waals surface area contributed by atoms with Crippen LogP contribution in [0.5, 0.6) is 0 Å². The molecule has 0 saturated carbocycles. The summed E-state index contributed by atoms with van der Waals surface area (Å²) in [4.78, 5) is 33.4. The van der Waals surface area contributed by atoms with E-state index in [1.54, 1.807) is 12.4 Å². The summed E-state index contributed by atoms with van der Waals surface area (Å²) in [6.45, 7) is 2.12. The average Bonchev–Trinajstić information content (AvgIpc) is 2.38. The van der Waals surface area contributed by atoms with Crippen LogP contribution in [0, 0.1) is 6.92 Å². The van der Waals surface area contributed by atoms with Crippen molar-refractivity contribution >= 4 is 5.91 Å². The van der Waals surface area contributed by atoms with Crippen LogP contribution in [0.25, 0.3) is 0 Å². The summed E-state index contributed by atoms with van der Waals surface area (Å²) >= 11 is 0. The first kappa shape index (κ1) is 12.0. The fourth-order valence-electron chi connectivity index (χ4n) is 1.37. The molecule has 0 atom stereocenters. The first-order valence-electron chi connectivity index (χ1n) is 5.39. The maximum absolute atomic E-state index is 11.7. The van der Waals surface area contributed by atoms with Gasteiger partial charge in [-0.3, -0.25) is 19.6 Å². The number of H-pyrrole nitrogens is 1. The maximum atomic E-state index is 11.7. The Morgan fingerprint density at radius 3 is 2.89 bits per heavy atom. The van der Waals surface area contributed by atoms with Gasteiger partial charge in [0.05, 0.1) is 24.1 Å². The second-order valence-electron chi connectivity index (χ2n) is 3.77. The fraction of sp³-hybridized carbons (Fsp3) is 0.167. The molecule has 2 aromatic rings. The number of aryl methyl sites for hydroxylation is 1. The lowest BCUT2D eigenvalue weighted by atomic mass is 10.2. The average molecular weight is 244 g/mol. The highest BCUT2D eigenvalue weighted by molar-refractivity contribution is 5.93. The van der Waals surface area contributed by atoms with Gasteiger partial charge in [0.2, 0.25) is 5.56 Å². The lowest BCUT2D eigenvalue weighted by molar-refractivity contribution is 0.0950. The number of pyridine rings is 1. The molecule has 1 amide bonds. The Balaban J connectivity index is 2.00. The molecular formula is C12H12N4O2. The number of carbonyl (C=O) groups is 1. The van der Waals surface area contributed by atoms with E-state index >= 15 is 0 Å². The summed E-state index contributed by atoms with van der Waals surface area (Å²) in [6, 6.07) is 2.79. The van der Waals surface area contributed by atoms with Crippen molar-refractivity contribution in [2.45, 2.75) is 13.5 Å². The number of aromatic nitrogens is 3. The topological polar surface area (TPSA) is 87.7 Å². The fourth-order valence-corrected chi connectivity index (χ4v) is 1.37. The minimum atomic E-state index is -0.316. The maximum Gasteiger partial charge on any atom is 0.251 e. The zero-order chi connectivity index (χ0) is 13.0. The van der Waals surface area contributed by atoms with E-state index in [0.29, 0.717) is 11.3 Å². The van der Waals surface area contributed by atoms with Crippen molar-refractivity contribution in [1.29, 1.82) is 0 Å². The van der Waals surface area contributed by atoms with Crippen LogP contribution < -0.4 is 10.9 Å². The van der Waals surface area contributed by atoms with Crippen molar-refractivity contribution in [2.24, 2.45) is 0 Å². The Morgan fingerprint density at radius 2 is 2.22 bits per heavy atom. The molecule has 0 aliphatic rings. The van der Waals surface area contributed by atoms with Gasteiger partial charge in [0.15, 0.2) is 0 Å². The van der Waals surface area contributed by atoms with E-state index in [0.717, 1.165) is 5.69 Å². The normalized spacial score (nSPS) is 10.1. The van der Waals surface area contributed by atoms with E-state index in [-0.39, 0.29) is 18.0 Å². The molecule has 6 nitrogen and oxygen atoms in total. The zero-order valence-electron chi connectivity index (χ0n) is 9.80. The number of nitrogens with one attached hydrogen (secondary N) is 2. The first-order chi connectivity index (χ1) is 8.65. The van der Waals surface area contributed by atoms with Crippen LogP contribution >= 0.6 is 0 Å². The SMILES string of the molecule is Cc1cnc(CNC(=O)c2cc[nH]c(=O)c2)cn1. The van der Waals surface area contributed by atoms with Gasteiger partial charge in [-0.1, -0.05) is 0 Å². The largest absolute Gasteiger partial charge is 0.346 e. The molecule has 2 N–H and O–H groups in total. The van der Waals surface area contributed by atoms with Crippen molar-refractivity contribution < 1.29 is 4.79 Å². The van der Waals surface area contributed by atoms with Crippen molar-refractivity contribution in [3.63, 3.8) is 0 Å². The summed E-state index contributed by atoms with van der Waals surface area (Å²) < 4.78 is 0. The molecule has 0 saturated heterocycles. The van der Waals surface area contributed by atoms with Crippen molar-refractivity contribution in [2.75, 3.05) is 0 Å². The predicted octanol–water partition coefficient (Wildman–Crippen LogP) is 0.403. The Labute approximate surface area is 103 Å². The smallest absolute Gasteiger partial charge is 0.251 e. The van der Waals surface area contributed by atoms with E-state index in [1.807, 2.05) is 6.92 Å². The van der Waals surface area contributed by atoms with Gasteiger partial charge >= 0.3 is 0 Å². The Morgan fingerprint density at radius 1 is 1.39 bits per heavy atom. The van der Waals surface area contributed by atoms with Gasteiger partial charge in [-0.25, -0.2) is 0 Å². The predicted molar refractivity (Wildman–Crippen MR) is 65.0 cm³/mol. The number of hydrogen-bond acceptors (Lipinski definition) is 4. The Kier molecular flexibility index (Phi) is 3.47. The lowest BCUT2D eigenvalue weighted by Gasteiger charge is -2.04. The summed E-state index contributed by atoms with van der Waals surface area (Å²) in [5, 5.41) is 2.67. The molecule has 0 radical (unpaired) electrons. The Bertz CT molecular complexity index is 604. The molecule has 18 heavy (non-hydrogen) atoms. The number of rotatable bonds is 3. The van der Waals surface area contributed by atoms with E-state index in [1.165, 1.54) is 18.3 Å². The second-order valence-corrected chi connectivity index (χ2v) is 3.77. The molecule has 0 spiro atoms. The quantitative estimate of drug-likeness (QED) is 0.818. The van der Waals surface area contributed by atoms with Crippen molar-refractivity contribution in [3.05, 3.63) is 58.0 Å². The van der Waals surface area contributed by atoms with E-state index in [9.17, 15) is 9.59 Å². The zero-order valence-corrected chi connectivity index (χ0v) is 9.80. The van der Waals surface area contributed by atoms with Gasteiger partial charge in [0, 0.05) is 24.0 Å². The highest BCUT2D eigenvalue weighted by atomic mass is 16.2. The summed E-state index contributed by atoms with van der Waals surface area (Å²) in [5.74, 6) is -0.316. The van der Waals surface area contributed by atoms with Crippen LogP contribution in [-0.2, 0) is 6.54 Å². The van der Waals surface area contributed by atoms with Crippen LogP contribution in [0.15, 0.2) is 35.5 Å². The van der Waals surface area contributed by atoms with Gasteiger partial charge in [0.25, 0.3) is 5.91 Å². The molecule has 0 aliphatic carbocycles. The standard InChI is InChI=1S/C12H12N4O2/c1-8-5-15-10(6-14-8)7-16-12(18)9-2-3-13-11(17)4-9/h2-6H,7H2,1H3,(H,13,17)(H,16,18). The third-order valence-electron chi connectivity index (χ3n) is 2.30. The molecular weight excluding hydrogens is 232 g/mol. The number of nitrogens with zero attached hydrogens (tertiary/aromatic N) is 2. The molecule has 0 fully saturated rings. The minimum Gasteiger partial charge on any atom is -0.346 e. The van der Waals surface area contributed by atoms with Gasteiger partial charge in [0.1, 0.15) is 0 Å². The minimum absolute atomic E-state index is 0.277. The summed E-state index contributed by atoms with van der Waals surface area (Å²) in [6.07, 6.45) is 4.67. The van der Waals surface area contributed by atoms with Crippen LogP contribution in [0.2, 0.25) is 0 Å². The monoisotopic (exact) mass is 244 g/mol. The molecule has 0 bridgehead atoms. The highest BCUT2D eigenvalue weighted by Crippen LogP contribution is 1.96. The highest BCUT2D eigenvalue weighted by Gasteiger charge is 2.05. The van der Waals surface area contributed by atoms with E-state index in [2.05, 4.69) is 20.3 Å². The van der Waals surface area contributed by atoms with E-state index in [4.69, 9.17) is 0 Å². The van der Waals surface area contributed by atoms with Crippen LogP contribution in [0.4, 0.5) is 0 Å². The van der Waals surface area contributed by atoms with Crippen LogP contribution in [-0.4, -0.2) is 20.9 Å². The van der Waals surface area contributed by atoms with Crippen molar-refractivity contribution in [1.82, 2.24) is 20.3 Å². The molecule has 2 aromatic heterocycles. The van der Waals surface area contributed by atoms with Crippen LogP contribution in [0.1, 0.15) is 21.7 Å². The third-order valence-corrected chi connectivity index (χ3v) is 2.30. The van der Waals surface area contributed by atoms with Gasteiger partial charge < -0.3 is 10.3 Å². The first-order valence-corrected chi connectivity index (χ1v) is 5.39.